The number of hydrogen-bond donors (Lipinski definition) is 1. The molecule has 136 valence electrons. The summed E-state index contributed by atoms with van der Waals surface area (Å²) in [4.78, 5) is 19.3. The van der Waals surface area contributed by atoms with Gasteiger partial charge in [-0.05, 0) is 24.6 Å². The molecule has 0 unspecified atom stereocenters. The van der Waals surface area contributed by atoms with Crippen LogP contribution in [0.1, 0.15) is 38.2 Å². The van der Waals surface area contributed by atoms with E-state index < -0.39 is 0 Å². The van der Waals surface area contributed by atoms with E-state index in [1.165, 1.54) is 18.9 Å². The van der Waals surface area contributed by atoms with Gasteiger partial charge < -0.3 is 9.72 Å². The highest BCUT2D eigenvalue weighted by molar-refractivity contribution is 5.79. The zero-order valence-electron chi connectivity index (χ0n) is 14.9. The van der Waals surface area contributed by atoms with Crippen LogP contribution in [0.4, 0.5) is 4.39 Å². The zero-order valence-corrected chi connectivity index (χ0v) is 14.9. The number of rotatable bonds is 8. The number of benzene rings is 2. The second kappa shape index (κ2) is 8.72. The number of unbranched alkanes of at least 4 members (excludes halogenated alkanes) is 3. The van der Waals surface area contributed by atoms with Gasteiger partial charge in [-0.25, -0.2) is 9.37 Å². The molecule has 0 aliphatic rings. The summed E-state index contributed by atoms with van der Waals surface area (Å²) in [5, 5.41) is 0.518. The minimum absolute atomic E-state index is 0.231. The number of halogens is 1. The molecule has 1 heterocycles. The van der Waals surface area contributed by atoms with E-state index in [-0.39, 0.29) is 18.0 Å². The number of nitrogens with zero attached hydrogens (tertiary/aromatic N) is 1. The molecule has 0 aliphatic carbocycles. The van der Waals surface area contributed by atoms with Gasteiger partial charge >= 0.3 is 0 Å². The van der Waals surface area contributed by atoms with Gasteiger partial charge in [0.1, 0.15) is 11.6 Å². The first-order valence-electron chi connectivity index (χ1n) is 9.04. The van der Waals surface area contributed by atoms with E-state index >= 15 is 0 Å². The molecule has 0 saturated heterocycles. The van der Waals surface area contributed by atoms with Crippen molar-refractivity contribution in [3.63, 3.8) is 0 Å². The maximum atomic E-state index is 14.4. The van der Waals surface area contributed by atoms with Crippen LogP contribution < -0.4 is 5.56 Å². The highest BCUT2D eigenvalue weighted by Crippen LogP contribution is 2.20. The SMILES string of the molecule is CCCCCCOCc1ccc(-c2nc3ccccc3c(=O)[nH]2)cc1F. The molecule has 0 atom stereocenters. The lowest BCUT2D eigenvalue weighted by molar-refractivity contribution is 0.114. The van der Waals surface area contributed by atoms with Crippen LogP contribution in [0.25, 0.3) is 22.3 Å². The zero-order chi connectivity index (χ0) is 18.4. The number of aromatic nitrogens is 2. The number of ether oxygens (including phenoxy) is 1. The fourth-order valence-corrected chi connectivity index (χ4v) is 2.85. The first kappa shape index (κ1) is 18.3. The van der Waals surface area contributed by atoms with Gasteiger partial charge in [0.05, 0.1) is 17.5 Å². The summed E-state index contributed by atoms with van der Waals surface area (Å²) in [7, 11) is 0. The monoisotopic (exact) mass is 354 g/mol. The summed E-state index contributed by atoms with van der Waals surface area (Å²) >= 11 is 0. The van der Waals surface area contributed by atoms with Crippen LogP contribution in [0.15, 0.2) is 47.3 Å². The van der Waals surface area contributed by atoms with Crippen molar-refractivity contribution in [1.82, 2.24) is 9.97 Å². The van der Waals surface area contributed by atoms with Crippen LogP contribution in [-0.2, 0) is 11.3 Å². The molecule has 4 nitrogen and oxygen atoms in total. The fraction of sp³-hybridized carbons (Fsp3) is 0.333. The molecule has 0 bridgehead atoms. The predicted octanol–water partition coefficient (Wildman–Crippen LogP) is 4.83. The van der Waals surface area contributed by atoms with Gasteiger partial charge in [0.15, 0.2) is 0 Å². The Balaban J connectivity index is 1.72. The van der Waals surface area contributed by atoms with Gasteiger partial charge in [-0.2, -0.15) is 0 Å². The third kappa shape index (κ3) is 4.35. The molecule has 2 aromatic carbocycles. The minimum Gasteiger partial charge on any atom is -0.377 e. The van der Waals surface area contributed by atoms with Crippen molar-refractivity contribution >= 4 is 10.9 Å². The summed E-state index contributed by atoms with van der Waals surface area (Å²) in [6.45, 7) is 3.05. The van der Waals surface area contributed by atoms with Crippen LogP contribution >= 0.6 is 0 Å². The summed E-state index contributed by atoms with van der Waals surface area (Å²) in [6.07, 6.45) is 4.51. The molecule has 0 aliphatic heterocycles. The lowest BCUT2D eigenvalue weighted by atomic mass is 10.1. The van der Waals surface area contributed by atoms with E-state index in [0.717, 1.165) is 12.8 Å². The van der Waals surface area contributed by atoms with E-state index in [2.05, 4.69) is 16.9 Å². The topological polar surface area (TPSA) is 55.0 Å². The van der Waals surface area contributed by atoms with Gasteiger partial charge in [-0.15, -0.1) is 0 Å². The molecule has 0 radical (unpaired) electrons. The third-order valence-corrected chi connectivity index (χ3v) is 4.34. The smallest absolute Gasteiger partial charge is 0.259 e. The van der Waals surface area contributed by atoms with E-state index in [1.807, 2.05) is 6.07 Å². The van der Waals surface area contributed by atoms with Crippen molar-refractivity contribution in [3.8, 4) is 11.4 Å². The molecular weight excluding hydrogens is 331 g/mol. The van der Waals surface area contributed by atoms with Crippen molar-refractivity contribution in [2.45, 2.75) is 39.2 Å². The minimum atomic E-state index is -0.355. The van der Waals surface area contributed by atoms with Gasteiger partial charge in [0.2, 0.25) is 0 Å². The number of aromatic amines is 1. The van der Waals surface area contributed by atoms with Crippen LogP contribution in [0, 0.1) is 5.82 Å². The Morgan fingerprint density at radius 1 is 1.12 bits per heavy atom. The third-order valence-electron chi connectivity index (χ3n) is 4.34. The average molecular weight is 354 g/mol. The van der Waals surface area contributed by atoms with Crippen LogP contribution in [-0.4, -0.2) is 16.6 Å². The molecule has 0 saturated carbocycles. The van der Waals surface area contributed by atoms with E-state index in [9.17, 15) is 9.18 Å². The highest BCUT2D eigenvalue weighted by Gasteiger charge is 2.09. The van der Waals surface area contributed by atoms with Crippen LogP contribution in [0.3, 0.4) is 0 Å². The Kier molecular flexibility index (Phi) is 6.12. The first-order chi connectivity index (χ1) is 12.7. The van der Waals surface area contributed by atoms with E-state index in [0.29, 0.717) is 34.5 Å². The normalized spacial score (nSPS) is 11.2. The molecule has 5 heteroatoms. The second-order valence-corrected chi connectivity index (χ2v) is 6.35. The van der Waals surface area contributed by atoms with Crippen molar-refractivity contribution in [1.29, 1.82) is 0 Å². The molecule has 1 aromatic heterocycles. The number of hydrogen-bond acceptors (Lipinski definition) is 3. The molecule has 0 spiro atoms. The van der Waals surface area contributed by atoms with Gasteiger partial charge in [0, 0.05) is 17.7 Å². The molecule has 3 aromatic rings. The average Bonchev–Trinajstić information content (AvgIpc) is 2.65. The van der Waals surface area contributed by atoms with Crippen LogP contribution in [0.5, 0.6) is 0 Å². The highest BCUT2D eigenvalue weighted by atomic mass is 19.1. The van der Waals surface area contributed by atoms with E-state index in [1.54, 1.807) is 30.3 Å². The maximum Gasteiger partial charge on any atom is 0.259 e. The van der Waals surface area contributed by atoms with Crippen molar-refractivity contribution in [2.24, 2.45) is 0 Å². The maximum absolute atomic E-state index is 14.4. The Labute approximate surface area is 152 Å². The van der Waals surface area contributed by atoms with Gasteiger partial charge in [-0.3, -0.25) is 4.79 Å². The van der Waals surface area contributed by atoms with Gasteiger partial charge in [0.25, 0.3) is 5.56 Å². The first-order valence-corrected chi connectivity index (χ1v) is 9.04. The van der Waals surface area contributed by atoms with E-state index in [4.69, 9.17) is 4.74 Å². The molecule has 0 amide bonds. The van der Waals surface area contributed by atoms with Crippen molar-refractivity contribution in [2.75, 3.05) is 6.61 Å². The predicted molar refractivity (Wildman–Crippen MR) is 102 cm³/mol. The standard InChI is InChI=1S/C21H23FN2O2/c1-2-3-4-7-12-26-14-16-11-10-15(13-18(16)22)20-23-19-9-6-5-8-17(19)21(25)24-20/h5-6,8-11,13H,2-4,7,12,14H2,1H3,(H,23,24,25). The Morgan fingerprint density at radius 3 is 2.77 bits per heavy atom. The Morgan fingerprint density at radius 2 is 1.96 bits per heavy atom. The summed E-state index contributed by atoms with van der Waals surface area (Å²) in [5.74, 6) is 0.00602. The van der Waals surface area contributed by atoms with Crippen molar-refractivity contribution in [3.05, 3.63) is 64.2 Å². The Bertz CT molecular complexity index is 937. The molecule has 0 fully saturated rings. The quantitative estimate of drug-likeness (QED) is 0.590. The summed E-state index contributed by atoms with van der Waals surface area (Å²) < 4.78 is 19.9. The van der Waals surface area contributed by atoms with Crippen molar-refractivity contribution < 1.29 is 9.13 Å². The van der Waals surface area contributed by atoms with Gasteiger partial charge in [-0.1, -0.05) is 50.5 Å². The fourth-order valence-electron chi connectivity index (χ4n) is 2.85. The Hall–Kier alpha value is -2.53. The summed E-state index contributed by atoms with van der Waals surface area (Å²) in [6, 6.07) is 11.9. The number of fused-ring (bicyclic) bond motifs is 1. The van der Waals surface area contributed by atoms with Crippen LogP contribution in [0.2, 0.25) is 0 Å². The molecule has 1 N–H and O–H groups in total. The lowest BCUT2D eigenvalue weighted by Crippen LogP contribution is -2.09. The molecular formula is C21H23FN2O2. The lowest BCUT2D eigenvalue weighted by Gasteiger charge is -2.08. The second-order valence-electron chi connectivity index (χ2n) is 6.35. The number of H-pyrrole nitrogens is 1. The summed E-state index contributed by atoms with van der Waals surface area (Å²) in [5.41, 5.74) is 1.40. The largest absolute Gasteiger partial charge is 0.377 e. The number of nitrogens with one attached hydrogen (secondary N) is 1. The molecule has 26 heavy (non-hydrogen) atoms. The molecule has 3 rings (SSSR count). The number of para-hydroxylation sites is 1.